The Labute approximate surface area is 116 Å². The van der Waals surface area contributed by atoms with E-state index < -0.39 is 0 Å². The van der Waals surface area contributed by atoms with E-state index in [0.29, 0.717) is 12.0 Å². The number of benzene rings is 1. The lowest BCUT2D eigenvalue weighted by Gasteiger charge is -2.29. The molecule has 0 amide bonds. The van der Waals surface area contributed by atoms with Gasteiger partial charge in [0.25, 0.3) is 0 Å². The van der Waals surface area contributed by atoms with Crippen molar-refractivity contribution in [2.24, 2.45) is 5.92 Å². The largest absolute Gasteiger partial charge is 0.308 e. The van der Waals surface area contributed by atoms with Crippen molar-refractivity contribution >= 4 is 11.6 Å². The summed E-state index contributed by atoms with van der Waals surface area (Å²) in [5.41, 5.74) is 1.17. The van der Waals surface area contributed by atoms with Crippen molar-refractivity contribution in [2.45, 2.75) is 32.9 Å². The van der Waals surface area contributed by atoms with Gasteiger partial charge in [-0.2, -0.15) is 0 Å². The molecule has 3 heteroatoms. The molecule has 18 heavy (non-hydrogen) atoms. The molecule has 2 nitrogen and oxygen atoms in total. The van der Waals surface area contributed by atoms with Crippen LogP contribution in [0.1, 0.15) is 32.4 Å². The van der Waals surface area contributed by atoms with Crippen molar-refractivity contribution in [1.82, 2.24) is 10.2 Å². The molecule has 0 aliphatic rings. The Morgan fingerprint density at radius 1 is 1.17 bits per heavy atom. The molecular weight excluding hydrogens is 244 g/mol. The molecule has 0 heterocycles. The third-order valence-electron chi connectivity index (χ3n) is 3.20. The molecular formula is C15H25ClN2. The highest BCUT2D eigenvalue weighted by atomic mass is 35.5. The lowest BCUT2D eigenvalue weighted by molar-refractivity contribution is 0.273. The maximum atomic E-state index is 6.24. The summed E-state index contributed by atoms with van der Waals surface area (Å²) in [6.45, 7) is 7.71. The van der Waals surface area contributed by atoms with Gasteiger partial charge in [0.1, 0.15) is 0 Å². The Kier molecular flexibility index (Phi) is 6.13. The van der Waals surface area contributed by atoms with Crippen LogP contribution in [0.5, 0.6) is 0 Å². The Hall–Kier alpha value is -0.570. The van der Waals surface area contributed by atoms with E-state index in [2.05, 4.69) is 51.1 Å². The van der Waals surface area contributed by atoms with Crippen LogP contribution in [0.15, 0.2) is 24.3 Å². The van der Waals surface area contributed by atoms with Gasteiger partial charge in [0, 0.05) is 23.7 Å². The molecule has 0 saturated heterocycles. The number of nitrogens with one attached hydrogen (secondary N) is 1. The number of halogens is 1. The molecule has 1 aromatic carbocycles. The van der Waals surface area contributed by atoms with E-state index in [1.165, 1.54) is 5.56 Å². The van der Waals surface area contributed by atoms with Crippen molar-refractivity contribution in [2.75, 3.05) is 20.6 Å². The highest BCUT2D eigenvalue weighted by molar-refractivity contribution is 6.31. The maximum Gasteiger partial charge on any atom is 0.0453 e. The standard InChI is InChI=1S/C15H25ClN2/c1-11(2)15(10-18(4)5)17-12(3)13-8-6-7-9-14(13)16/h6-9,11-12,15,17H,10H2,1-5H3. The van der Waals surface area contributed by atoms with Crippen LogP contribution >= 0.6 is 11.6 Å². The first-order chi connectivity index (χ1) is 8.41. The van der Waals surface area contributed by atoms with E-state index in [1.54, 1.807) is 0 Å². The van der Waals surface area contributed by atoms with Gasteiger partial charge >= 0.3 is 0 Å². The SMILES string of the molecule is CC(NC(CN(C)C)C(C)C)c1ccccc1Cl. The van der Waals surface area contributed by atoms with Crippen LogP contribution in [0.25, 0.3) is 0 Å². The predicted molar refractivity (Wildman–Crippen MR) is 80.2 cm³/mol. The monoisotopic (exact) mass is 268 g/mol. The first-order valence-electron chi connectivity index (χ1n) is 6.57. The van der Waals surface area contributed by atoms with Gasteiger partial charge in [-0.25, -0.2) is 0 Å². The topological polar surface area (TPSA) is 15.3 Å². The smallest absolute Gasteiger partial charge is 0.0453 e. The van der Waals surface area contributed by atoms with Crippen LogP contribution in [0.3, 0.4) is 0 Å². The Morgan fingerprint density at radius 3 is 2.28 bits per heavy atom. The van der Waals surface area contributed by atoms with Crippen LogP contribution in [0.4, 0.5) is 0 Å². The second-order valence-electron chi connectivity index (χ2n) is 5.52. The minimum absolute atomic E-state index is 0.269. The van der Waals surface area contributed by atoms with Gasteiger partial charge < -0.3 is 10.2 Å². The van der Waals surface area contributed by atoms with Crippen LogP contribution in [-0.4, -0.2) is 31.6 Å². The zero-order chi connectivity index (χ0) is 13.7. The van der Waals surface area contributed by atoms with Gasteiger partial charge in [-0.3, -0.25) is 0 Å². The van der Waals surface area contributed by atoms with Gasteiger partial charge in [-0.15, -0.1) is 0 Å². The van der Waals surface area contributed by atoms with Crippen LogP contribution < -0.4 is 5.32 Å². The molecule has 0 aliphatic carbocycles. The van der Waals surface area contributed by atoms with Crippen LogP contribution in [-0.2, 0) is 0 Å². The molecule has 1 aromatic rings. The lowest BCUT2D eigenvalue weighted by atomic mass is 10.0. The maximum absolute atomic E-state index is 6.24. The summed E-state index contributed by atoms with van der Waals surface area (Å²) in [5.74, 6) is 0.595. The second-order valence-corrected chi connectivity index (χ2v) is 5.93. The average Bonchev–Trinajstić information content (AvgIpc) is 2.27. The van der Waals surface area contributed by atoms with E-state index >= 15 is 0 Å². The van der Waals surface area contributed by atoms with Crippen molar-refractivity contribution < 1.29 is 0 Å². The normalized spacial score (nSPS) is 15.1. The number of hydrogen-bond acceptors (Lipinski definition) is 2. The Balaban J connectivity index is 2.72. The molecule has 0 saturated carbocycles. The molecule has 2 atom stereocenters. The van der Waals surface area contributed by atoms with Gasteiger partial charge in [0.05, 0.1) is 0 Å². The van der Waals surface area contributed by atoms with Crippen molar-refractivity contribution in [3.8, 4) is 0 Å². The Morgan fingerprint density at radius 2 is 1.78 bits per heavy atom. The van der Waals surface area contributed by atoms with Crippen molar-refractivity contribution in [1.29, 1.82) is 0 Å². The van der Waals surface area contributed by atoms with Crippen molar-refractivity contribution in [3.05, 3.63) is 34.9 Å². The first kappa shape index (κ1) is 15.5. The third kappa shape index (κ3) is 4.60. The summed E-state index contributed by atoms with van der Waals surface area (Å²) >= 11 is 6.24. The highest BCUT2D eigenvalue weighted by Crippen LogP contribution is 2.23. The number of rotatable bonds is 6. The summed E-state index contributed by atoms with van der Waals surface area (Å²) in [6, 6.07) is 8.78. The summed E-state index contributed by atoms with van der Waals surface area (Å²) in [4.78, 5) is 2.22. The minimum atomic E-state index is 0.269. The molecule has 0 aromatic heterocycles. The predicted octanol–water partition coefficient (Wildman–Crippen LogP) is 3.58. The molecule has 0 fully saturated rings. The summed E-state index contributed by atoms with van der Waals surface area (Å²) in [5, 5.41) is 4.52. The van der Waals surface area contributed by atoms with Crippen molar-refractivity contribution in [3.63, 3.8) is 0 Å². The van der Waals surface area contributed by atoms with E-state index in [0.717, 1.165) is 11.6 Å². The zero-order valence-electron chi connectivity index (χ0n) is 12.1. The minimum Gasteiger partial charge on any atom is -0.308 e. The molecule has 1 N–H and O–H groups in total. The summed E-state index contributed by atoms with van der Waals surface area (Å²) in [7, 11) is 4.22. The molecule has 0 aliphatic heterocycles. The Bertz CT molecular complexity index is 363. The third-order valence-corrected chi connectivity index (χ3v) is 3.55. The number of hydrogen-bond donors (Lipinski definition) is 1. The van der Waals surface area contributed by atoms with Gasteiger partial charge in [-0.05, 0) is 38.6 Å². The fraction of sp³-hybridized carbons (Fsp3) is 0.600. The molecule has 0 bridgehead atoms. The lowest BCUT2D eigenvalue weighted by Crippen LogP contribution is -2.43. The first-order valence-corrected chi connectivity index (χ1v) is 6.94. The van der Waals surface area contributed by atoms with E-state index in [9.17, 15) is 0 Å². The number of nitrogens with zero attached hydrogens (tertiary/aromatic N) is 1. The number of likely N-dealkylation sites (N-methyl/N-ethyl adjacent to an activating group) is 1. The van der Waals surface area contributed by atoms with Gasteiger partial charge in [0.2, 0.25) is 0 Å². The molecule has 2 unspecified atom stereocenters. The van der Waals surface area contributed by atoms with Crippen LogP contribution in [0.2, 0.25) is 5.02 Å². The van der Waals surface area contributed by atoms with Crippen LogP contribution in [0, 0.1) is 5.92 Å². The fourth-order valence-electron chi connectivity index (χ4n) is 2.09. The van der Waals surface area contributed by atoms with Gasteiger partial charge in [0.15, 0.2) is 0 Å². The molecule has 0 radical (unpaired) electrons. The summed E-state index contributed by atoms with van der Waals surface area (Å²) in [6.07, 6.45) is 0. The van der Waals surface area contributed by atoms with Gasteiger partial charge in [-0.1, -0.05) is 43.6 Å². The summed E-state index contributed by atoms with van der Waals surface area (Å²) < 4.78 is 0. The second kappa shape index (κ2) is 7.13. The van der Waals surface area contributed by atoms with E-state index in [1.807, 2.05) is 18.2 Å². The van der Waals surface area contributed by atoms with E-state index in [-0.39, 0.29) is 6.04 Å². The zero-order valence-corrected chi connectivity index (χ0v) is 12.8. The average molecular weight is 269 g/mol. The fourth-order valence-corrected chi connectivity index (χ4v) is 2.39. The molecule has 1 rings (SSSR count). The molecule has 102 valence electrons. The quantitative estimate of drug-likeness (QED) is 0.848. The van der Waals surface area contributed by atoms with E-state index in [4.69, 9.17) is 11.6 Å². The highest BCUT2D eigenvalue weighted by Gasteiger charge is 2.18. The molecule has 0 spiro atoms.